The van der Waals surface area contributed by atoms with E-state index in [0.29, 0.717) is 5.92 Å². The van der Waals surface area contributed by atoms with E-state index in [9.17, 15) is 8.78 Å². The zero-order valence-electron chi connectivity index (χ0n) is 15.2. The van der Waals surface area contributed by atoms with Crippen LogP contribution < -0.4 is 0 Å². The van der Waals surface area contributed by atoms with Gasteiger partial charge in [0.2, 0.25) is 0 Å². The first-order valence-electron chi connectivity index (χ1n) is 9.47. The van der Waals surface area contributed by atoms with Crippen molar-refractivity contribution >= 4 is 0 Å². The fourth-order valence-corrected chi connectivity index (χ4v) is 3.65. The molecule has 1 unspecified atom stereocenters. The molecule has 0 nitrogen and oxygen atoms in total. The molecule has 0 aliphatic heterocycles. The van der Waals surface area contributed by atoms with Crippen molar-refractivity contribution in [2.45, 2.75) is 50.9 Å². The van der Waals surface area contributed by atoms with Crippen molar-refractivity contribution < 1.29 is 8.78 Å². The third-order valence-corrected chi connectivity index (χ3v) is 5.31. The summed E-state index contributed by atoms with van der Waals surface area (Å²) in [5.41, 5.74) is 5.04. The predicted octanol–water partition coefficient (Wildman–Crippen LogP) is 6.91. The molecule has 0 radical (unpaired) electrons. The van der Waals surface area contributed by atoms with E-state index in [1.54, 1.807) is 11.6 Å². The molecule has 1 aliphatic rings. The van der Waals surface area contributed by atoms with Crippen LogP contribution in [0.5, 0.6) is 0 Å². The second-order valence-corrected chi connectivity index (χ2v) is 7.15. The van der Waals surface area contributed by atoms with Crippen LogP contribution in [0, 0.1) is 11.6 Å². The maximum Gasteiger partial charge on any atom is 0.159 e. The first kappa shape index (κ1) is 18.6. The Bertz CT molecular complexity index is 771. The highest BCUT2D eigenvalue weighted by atomic mass is 19.2. The molecular weight excluding hydrogens is 326 g/mol. The van der Waals surface area contributed by atoms with Gasteiger partial charge in [0, 0.05) is 0 Å². The summed E-state index contributed by atoms with van der Waals surface area (Å²) in [4.78, 5) is 0. The lowest BCUT2D eigenvalue weighted by Gasteiger charge is -2.22. The molecule has 0 spiro atoms. The minimum atomic E-state index is -0.785. The van der Waals surface area contributed by atoms with E-state index in [4.69, 9.17) is 0 Å². The Morgan fingerprint density at radius 1 is 0.923 bits per heavy atom. The second-order valence-electron chi connectivity index (χ2n) is 7.15. The van der Waals surface area contributed by atoms with Crippen LogP contribution in [0.3, 0.4) is 0 Å². The highest BCUT2D eigenvalue weighted by Gasteiger charge is 2.16. The Labute approximate surface area is 155 Å². The number of allylic oxidation sites excluding steroid dienone is 3. The zero-order chi connectivity index (χ0) is 18.4. The summed E-state index contributed by atoms with van der Waals surface area (Å²) in [6.45, 7) is 3.80. The van der Waals surface area contributed by atoms with Gasteiger partial charge in [0.15, 0.2) is 11.6 Å². The Balaban J connectivity index is 1.54. The van der Waals surface area contributed by atoms with Crippen LogP contribution in [0.2, 0.25) is 0 Å². The normalized spacial score (nSPS) is 17.0. The number of halogens is 2. The van der Waals surface area contributed by atoms with E-state index < -0.39 is 11.6 Å². The summed E-state index contributed by atoms with van der Waals surface area (Å²) in [5, 5.41) is 0. The number of aryl methyl sites for hydroxylation is 2. The molecule has 2 aromatic carbocycles. The van der Waals surface area contributed by atoms with Gasteiger partial charge < -0.3 is 0 Å². The molecule has 2 aromatic rings. The minimum Gasteiger partial charge on any atom is -0.204 e. The van der Waals surface area contributed by atoms with Gasteiger partial charge >= 0.3 is 0 Å². The lowest BCUT2D eigenvalue weighted by Crippen LogP contribution is -2.04. The van der Waals surface area contributed by atoms with E-state index in [1.807, 2.05) is 6.08 Å². The highest BCUT2D eigenvalue weighted by molar-refractivity contribution is 5.29. The molecule has 0 saturated carbocycles. The van der Waals surface area contributed by atoms with Gasteiger partial charge in [0.1, 0.15) is 0 Å². The molecule has 1 atom stereocenters. The maximum absolute atomic E-state index is 13.3. The predicted molar refractivity (Wildman–Crippen MR) is 104 cm³/mol. The van der Waals surface area contributed by atoms with Crippen molar-refractivity contribution in [3.63, 3.8) is 0 Å². The fourth-order valence-electron chi connectivity index (χ4n) is 3.65. The molecule has 0 heterocycles. The van der Waals surface area contributed by atoms with Gasteiger partial charge in [-0.1, -0.05) is 48.1 Å². The molecule has 1 aliphatic carbocycles. The molecular formula is C24H26F2. The summed E-state index contributed by atoms with van der Waals surface area (Å²) in [5.74, 6) is -0.939. The molecule has 0 saturated heterocycles. The topological polar surface area (TPSA) is 0 Å². The molecule has 0 bridgehead atoms. The van der Waals surface area contributed by atoms with Gasteiger partial charge in [-0.05, 0) is 79.7 Å². The van der Waals surface area contributed by atoms with Crippen molar-refractivity contribution in [1.29, 1.82) is 0 Å². The largest absolute Gasteiger partial charge is 0.204 e. The third-order valence-electron chi connectivity index (χ3n) is 5.31. The average Bonchev–Trinajstić information content (AvgIpc) is 2.68. The number of hydrogen-bond donors (Lipinski definition) is 0. The Morgan fingerprint density at radius 2 is 1.65 bits per heavy atom. The summed E-state index contributed by atoms with van der Waals surface area (Å²) in [7, 11) is 0. The van der Waals surface area contributed by atoms with Crippen LogP contribution >= 0.6 is 0 Å². The van der Waals surface area contributed by atoms with Gasteiger partial charge in [-0.15, -0.1) is 6.58 Å². The standard InChI is InChI=1S/C24H26F2/c1-2-3-4-18-7-12-21(13-8-18)22-14-9-19(10-15-22)5-6-20-11-16-23(25)24(26)17-20/h2,7,9-11,14-17,21H,1,3-6,8,12-13H2. The van der Waals surface area contributed by atoms with Crippen LogP contribution in [-0.2, 0) is 12.8 Å². The highest BCUT2D eigenvalue weighted by Crippen LogP contribution is 2.33. The quantitative estimate of drug-likeness (QED) is 0.475. The monoisotopic (exact) mass is 352 g/mol. The van der Waals surface area contributed by atoms with E-state index in [-0.39, 0.29) is 0 Å². The lowest BCUT2D eigenvalue weighted by molar-refractivity contribution is 0.507. The van der Waals surface area contributed by atoms with Gasteiger partial charge in [-0.25, -0.2) is 8.78 Å². The summed E-state index contributed by atoms with van der Waals surface area (Å²) >= 11 is 0. The average molecular weight is 352 g/mol. The number of rotatable bonds is 7. The van der Waals surface area contributed by atoms with E-state index in [1.165, 1.54) is 36.1 Å². The van der Waals surface area contributed by atoms with Gasteiger partial charge in [0.25, 0.3) is 0 Å². The molecule has 0 N–H and O–H groups in total. The summed E-state index contributed by atoms with van der Waals surface area (Å²) in [6.07, 6.45) is 11.7. The van der Waals surface area contributed by atoms with Crippen molar-refractivity contribution in [3.8, 4) is 0 Å². The lowest BCUT2D eigenvalue weighted by atomic mass is 9.83. The fraction of sp³-hybridized carbons (Fsp3) is 0.333. The summed E-state index contributed by atoms with van der Waals surface area (Å²) in [6, 6.07) is 13.0. The van der Waals surface area contributed by atoms with Crippen molar-refractivity contribution in [2.24, 2.45) is 0 Å². The molecule has 0 fully saturated rings. The van der Waals surface area contributed by atoms with Crippen LogP contribution in [0.25, 0.3) is 0 Å². The van der Waals surface area contributed by atoms with Crippen LogP contribution in [0.4, 0.5) is 8.78 Å². The van der Waals surface area contributed by atoms with Crippen LogP contribution in [0.15, 0.2) is 66.8 Å². The van der Waals surface area contributed by atoms with E-state index >= 15 is 0 Å². The number of hydrogen-bond acceptors (Lipinski definition) is 0. The van der Waals surface area contributed by atoms with Crippen molar-refractivity contribution in [2.75, 3.05) is 0 Å². The SMILES string of the molecule is C=CCCC1=CCC(c2ccc(CCc3ccc(F)c(F)c3)cc2)CC1. The van der Waals surface area contributed by atoms with Gasteiger partial charge in [-0.3, -0.25) is 0 Å². The Hall–Kier alpha value is -2.22. The van der Waals surface area contributed by atoms with Gasteiger partial charge in [-0.2, -0.15) is 0 Å². The summed E-state index contributed by atoms with van der Waals surface area (Å²) < 4.78 is 26.3. The Kier molecular flexibility index (Phi) is 6.38. The van der Waals surface area contributed by atoms with Crippen molar-refractivity contribution in [3.05, 3.63) is 95.1 Å². The second kappa shape index (κ2) is 8.93. The molecule has 136 valence electrons. The Morgan fingerprint density at radius 3 is 2.31 bits per heavy atom. The van der Waals surface area contributed by atoms with Crippen LogP contribution in [0.1, 0.15) is 54.7 Å². The smallest absolute Gasteiger partial charge is 0.159 e. The van der Waals surface area contributed by atoms with E-state index in [2.05, 4.69) is 36.9 Å². The zero-order valence-corrected chi connectivity index (χ0v) is 15.2. The molecule has 0 aromatic heterocycles. The van der Waals surface area contributed by atoms with E-state index in [0.717, 1.165) is 37.7 Å². The maximum atomic E-state index is 13.3. The van der Waals surface area contributed by atoms with Gasteiger partial charge in [0.05, 0.1) is 0 Å². The third kappa shape index (κ3) is 4.91. The molecule has 2 heteroatoms. The molecule has 26 heavy (non-hydrogen) atoms. The molecule has 0 amide bonds. The minimum absolute atomic E-state index is 0.614. The first-order valence-corrected chi connectivity index (χ1v) is 9.47. The van der Waals surface area contributed by atoms with Crippen molar-refractivity contribution in [1.82, 2.24) is 0 Å². The first-order chi connectivity index (χ1) is 12.7. The molecule has 3 rings (SSSR count). The number of benzene rings is 2. The van der Waals surface area contributed by atoms with Crippen LogP contribution in [-0.4, -0.2) is 0 Å².